The van der Waals surface area contributed by atoms with Crippen LogP contribution in [-0.2, 0) is 22.4 Å². The van der Waals surface area contributed by atoms with E-state index in [-0.39, 0.29) is 18.0 Å². The molecule has 0 atom stereocenters. The van der Waals surface area contributed by atoms with Gasteiger partial charge in [-0.3, -0.25) is 4.79 Å². The van der Waals surface area contributed by atoms with Gasteiger partial charge < -0.3 is 10.1 Å². The fraction of sp³-hybridized carbons (Fsp3) is 0.333. The number of carbonyl (C=O) groups excluding carboxylic acids is 2. The van der Waals surface area contributed by atoms with Gasteiger partial charge in [0.1, 0.15) is 5.00 Å². The molecular formula is C21H22ClNO3S. The molecule has 1 aromatic heterocycles. The first-order valence-corrected chi connectivity index (χ1v) is 10.2. The zero-order valence-electron chi connectivity index (χ0n) is 15.4. The lowest BCUT2D eigenvalue weighted by Crippen LogP contribution is -2.17. The molecule has 1 N–H and O–H groups in total. The zero-order chi connectivity index (χ0) is 19.4. The minimum Gasteiger partial charge on any atom is -0.459 e. The number of ether oxygens (including phenoxy) is 1. The van der Waals surface area contributed by atoms with Crippen LogP contribution in [0.1, 0.15) is 53.1 Å². The molecule has 1 aliphatic rings. The van der Waals surface area contributed by atoms with Gasteiger partial charge in [-0.15, -0.1) is 11.3 Å². The number of anilines is 1. The smallest absolute Gasteiger partial charge is 0.341 e. The number of hydrogen-bond acceptors (Lipinski definition) is 4. The van der Waals surface area contributed by atoms with Crippen molar-refractivity contribution in [2.75, 3.05) is 5.32 Å². The number of benzene rings is 1. The van der Waals surface area contributed by atoms with Crippen LogP contribution < -0.4 is 5.32 Å². The van der Waals surface area contributed by atoms with E-state index in [9.17, 15) is 9.59 Å². The van der Waals surface area contributed by atoms with E-state index in [0.717, 1.165) is 36.8 Å². The highest BCUT2D eigenvalue weighted by Crippen LogP contribution is 2.38. The van der Waals surface area contributed by atoms with Gasteiger partial charge in [-0.2, -0.15) is 0 Å². The molecule has 0 aliphatic heterocycles. The molecule has 1 amide bonds. The van der Waals surface area contributed by atoms with Crippen molar-refractivity contribution in [2.45, 2.75) is 45.6 Å². The summed E-state index contributed by atoms with van der Waals surface area (Å²) in [6.45, 7) is 3.65. The molecule has 0 unspecified atom stereocenters. The minimum absolute atomic E-state index is 0.204. The molecule has 0 fully saturated rings. The van der Waals surface area contributed by atoms with Crippen molar-refractivity contribution in [3.05, 3.63) is 56.9 Å². The molecule has 2 aromatic rings. The number of thiophene rings is 1. The molecule has 0 radical (unpaired) electrons. The molecule has 6 heteroatoms. The maximum absolute atomic E-state index is 12.6. The van der Waals surface area contributed by atoms with Crippen LogP contribution in [0.15, 0.2) is 30.3 Å². The Morgan fingerprint density at radius 2 is 1.89 bits per heavy atom. The van der Waals surface area contributed by atoms with E-state index < -0.39 is 0 Å². The number of amides is 1. The first kappa shape index (κ1) is 19.6. The summed E-state index contributed by atoms with van der Waals surface area (Å²) in [7, 11) is 0. The molecule has 1 aromatic carbocycles. The van der Waals surface area contributed by atoms with Crippen molar-refractivity contribution in [1.29, 1.82) is 0 Å². The van der Waals surface area contributed by atoms with Crippen LogP contribution in [0.5, 0.6) is 0 Å². The van der Waals surface area contributed by atoms with Crippen LogP contribution >= 0.6 is 22.9 Å². The number of halogens is 1. The SMILES string of the molecule is CC(C)OC(=O)c1c(NC(=O)C=Cc2ccc(Cl)cc2)sc2c1CCCC2. The van der Waals surface area contributed by atoms with E-state index in [2.05, 4.69) is 5.32 Å². The standard InChI is InChI=1S/C21H22ClNO3S/c1-13(2)26-21(25)19-16-5-3-4-6-17(16)27-20(19)23-18(24)12-9-14-7-10-15(22)11-8-14/h7-13H,3-6H2,1-2H3,(H,23,24). The summed E-state index contributed by atoms with van der Waals surface area (Å²) in [5, 5.41) is 4.10. The van der Waals surface area contributed by atoms with Gasteiger partial charge in [0.15, 0.2) is 0 Å². The first-order valence-electron chi connectivity index (χ1n) is 9.04. The maximum Gasteiger partial charge on any atom is 0.341 e. The van der Waals surface area contributed by atoms with E-state index in [1.807, 2.05) is 26.0 Å². The summed E-state index contributed by atoms with van der Waals surface area (Å²) in [6, 6.07) is 7.21. The molecule has 142 valence electrons. The minimum atomic E-state index is -0.360. The van der Waals surface area contributed by atoms with E-state index in [0.29, 0.717) is 15.6 Å². The lowest BCUT2D eigenvalue weighted by molar-refractivity contribution is -0.111. The zero-order valence-corrected chi connectivity index (χ0v) is 17.0. The number of esters is 1. The van der Waals surface area contributed by atoms with Crippen LogP contribution in [0, 0.1) is 0 Å². The Labute approximate surface area is 168 Å². The van der Waals surface area contributed by atoms with E-state index in [1.165, 1.54) is 22.3 Å². The van der Waals surface area contributed by atoms with E-state index >= 15 is 0 Å². The average Bonchev–Trinajstić information content (AvgIpc) is 2.98. The lowest BCUT2D eigenvalue weighted by Gasteiger charge is -2.14. The molecule has 3 rings (SSSR count). The second-order valence-corrected chi connectivity index (χ2v) is 8.28. The average molecular weight is 404 g/mol. The van der Waals surface area contributed by atoms with Crippen LogP contribution in [-0.4, -0.2) is 18.0 Å². The molecule has 27 heavy (non-hydrogen) atoms. The van der Waals surface area contributed by atoms with Crippen molar-refractivity contribution in [3.63, 3.8) is 0 Å². The van der Waals surface area contributed by atoms with Gasteiger partial charge in [-0.1, -0.05) is 23.7 Å². The Bertz CT molecular complexity index is 868. The Morgan fingerprint density at radius 3 is 2.59 bits per heavy atom. The van der Waals surface area contributed by atoms with E-state index in [1.54, 1.807) is 18.2 Å². The van der Waals surface area contributed by atoms with Crippen LogP contribution in [0.4, 0.5) is 5.00 Å². The maximum atomic E-state index is 12.6. The monoisotopic (exact) mass is 403 g/mol. The lowest BCUT2D eigenvalue weighted by atomic mass is 9.95. The number of nitrogens with one attached hydrogen (secondary N) is 1. The third-order valence-electron chi connectivity index (χ3n) is 4.25. The highest BCUT2D eigenvalue weighted by atomic mass is 35.5. The molecular weight excluding hydrogens is 382 g/mol. The molecule has 1 aliphatic carbocycles. The Hall–Kier alpha value is -2.11. The fourth-order valence-electron chi connectivity index (χ4n) is 3.04. The molecule has 0 saturated heterocycles. The summed E-state index contributed by atoms with van der Waals surface area (Å²) in [4.78, 5) is 26.2. The first-order chi connectivity index (χ1) is 12.9. The third kappa shape index (κ3) is 4.99. The second-order valence-electron chi connectivity index (χ2n) is 6.74. The Kier molecular flexibility index (Phi) is 6.34. The number of fused-ring (bicyclic) bond motifs is 1. The Morgan fingerprint density at radius 1 is 1.19 bits per heavy atom. The number of hydrogen-bond donors (Lipinski definition) is 1. The van der Waals surface area contributed by atoms with Crippen molar-refractivity contribution in [3.8, 4) is 0 Å². The van der Waals surface area contributed by atoms with Gasteiger partial charge in [0.2, 0.25) is 5.91 Å². The predicted octanol–water partition coefficient (Wildman–Crippen LogP) is 5.50. The molecule has 0 saturated carbocycles. The van der Waals surface area contributed by atoms with Gasteiger partial charge in [0.25, 0.3) is 0 Å². The van der Waals surface area contributed by atoms with Gasteiger partial charge in [0.05, 0.1) is 11.7 Å². The van der Waals surface area contributed by atoms with Gasteiger partial charge in [-0.25, -0.2) is 4.79 Å². The largest absolute Gasteiger partial charge is 0.459 e. The molecule has 0 spiro atoms. The highest BCUT2D eigenvalue weighted by molar-refractivity contribution is 7.17. The van der Waals surface area contributed by atoms with Crippen LogP contribution in [0.25, 0.3) is 6.08 Å². The van der Waals surface area contributed by atoms with Gasteiger partial charge >= 0.3 is 5.97 Å². The van der Waals surface area contributed by atoms with Crippen LogP contribution in [0.3, 0.4) is 0 Å². The number of rotatable bonds is 5. The predicted molar refractivity (Wildman–Crippen MR) is 111 cm³/mol. The van der Waals surface area contributed by atoms with Crippen molar-refractivity contribution < 1.29 is 14.3 Å². The van der Waals surface area contributed by atoms with Crippen molar-refractivity contribution in [1.82, 2.24) is 0 Å². The quantitative estimate of drug-likeness (QED) is 0.530. The number of carbonyl (C=O) groups is 2. The summed E-state index contributed by atoms with van der Waals surface area (Å²) >= 11 is 7.35. The molecule has 0 bridgehead atoms. The summed E-state index contributed by atoms with van der Waals surface area (Å²) in [6.07, 6.45) is 6.92. The van der Waals surface area contributed by atoms with Gasteiger partial charge in [0, 0.05) is 16.0 Å². The summed E-state index contributed by atoms with van der Waals surface area (Å²) in [5.41, 5.74) is 2.44. The van der Waals surface area contributed by atoms with Gasteiger partial charge in [-0.05, 0) is 68.9 Å². The van der Waals surface area contributed by atoms with Crippen molar-refractivity contribution in [2.24, 2.45) is 0 Å². The number of aryl methyl sites for hydroxylation is 1. The normalized spacial score (nSPS) is 13.6. The molecule has 4 nitrogen and oxygen atoms in total. The Balaban J connectivity index is 1.80. The van der Waals surface area contributed by atoms with Crippen molar-refractivity contribution >= 4 is 45.9 Å². The topological polar surface area (TPSA) is 55.4 Å². The summed E-state index contributed by atoms with van der Waals surface area (Å²) in [5.74, 6) is -0.636. The molecule has 1 heterocycles. The third-order valence-corrected chi connectivity index (χ3v) is 5.71. The fourth-order valence-corrected chi connectivity index (χ4v) is 4.45. The van der Waals surface area contributed by atoms with Crippen LogP contribution in [0.2, 0.25) is 5.02 Å². The van der Waals surface area contributed by atoms with E-state index in [4.69, 9.17) is 16.3 Å². The highest BCUT2D eigenvalue weighted by Gasteiger charge is 2.27. The summed E-state index contributed by atoms with van der Waals surface area (Å²) < 4.78 is 5.41. The second kappa shape index (κ2) is 8.72.